The maximum absolute atomic E-state index is 10.1. The van der Waals surface area contributed by atoms with Crippen LogP contribution in [0.4, 0.5) is 5.69 Å². The smallest absolute Gasteiger partial charge is 0.146 e. The van der Waals surface area contributed by atoms with E-state index in [-0.39, 0.29) is 5.75 Å². The molecule has 114 valence electrons. The Morgan fingerprint density at radius 3 is 2.38 bits per heavy atom. The standard InChI is InChI=1S/C15H19N3O.C2H6/c1-6-8-16-18(17-13(5)7-2)14-10-11(3)9-12(4)15(14)19;1-2/h6-10,19H,1-2H2,3-5H3;1-2H3/b16-8+,17-13+;. The van der Waals surface area contributed by atoms with Gasteiger partial charge in [-0.25, -0.2) is 0 Å². The number of phenolic OH excluding ortho intramolecular Hbond substituents is 1. The van der Waals surface area contributed by atoms with Crippen LogP contribution >= 0.6 is 0 Å². The summed E-state index contributed by atoms with van der Waals surface area (Å²) in [6.07, 6.45) is 4.68. The molecule has 0 aliphatic heterocycles. The first-order chi connectivity index (χ1) is 9.99. The van der Waals surface area contributed by atoms with Crippen LogP contribution in [-0.4, -0.2) is 17.0 Å². The molecule has 1 aromatic carbocycles. The minimum atomic E-state index is 0.160. The summed E-state index contributed by atoms with van der Waals surface area (Å²) in [6, 6.07) is 3.72. The number of benzene rings is 1. The number of hydrazone groups is 2. The largest absolute Gasteiger partial charge is 0.505 e. The summed E-state index contributed by atoms with van der Waals surface area (Å²) in [6.45, 7) is 16.8. The van der Waals surface area contributed by atoms with Crippen LogP contribution in [0.25, 0.3) is 0 Å². The first-order valence-electron chi connectivity index (χ1n) is 6.92. The summed E-state index contributed by atoms with van der Waals surface area (Å²) in [5.41, 5.74) is 3.02. The number of rotatable bonds is 5. The van der Waals surface area contributed by atoms with Gasteiger partial charge < -0.3 is 5.11 Å². The summed E-state index contributed by atoms with van der Waals surface area (Å²) in [4.78, 5) is 0. The molecule has 0 bridgehead atoms. The predicted octanol–water partition coefficient (Wildman–Crippen LogP) is 4.58. The summed E-state index contributed by atoms with van der Waals surface area (Å²) < 4.78 is 0. The van der Waals surface area contributed by atoms with E-state index >= 15 is 0 Å². The molecule has 0 fully saturated rings. The van der Waals surface area contributed by atoms with Crippen LogP contribution in [0.15, 0.2) is 47.6 Å². The third-order valence-corrected chi connectivity index (χ3v) is 2.47. The molecule has 0 saturated carbocycles. The first kappa shape index (κ1) is 18.6. The Labute approximate surface area is 127 Å². The number of hydrogen-bond donors (Lipinski definition) is 1. The predicted molar refractivity (Wildman–Crippen MR) is 93.4 cm³/mol. The third kappa shape index (κ3) is 5.65. The molecular weight excluding hydrogens is 262 g/mol. The van der Waals surface area contributed by atoms with Crippen LogP contribution in [0, 0.1) is 13.8 Å². The molecular formula is C17H25N3O. The van der Waals surface area contributed by atoms with Crippen molar-refractivity contribution in [1.82, 2.24) is 0 Å². The number of allylic oxidation sites excluding steroid dienone is 2. The van der Waals surface area contributed by atoms with Gasteiger partial charge in [-0.05, 0) is 50.1 Å². The fourth-order valence-corrected chi connectivity index (χ4v) is 1.53. The van der Waals surface area contributed by atoms with E-state index < -0.39 is 0 Å². The molecule has 0 saturated heterocycles. The molecule has 4 nitrogen and oxygen atoms in total. The maximum Gasteiger partial charge on any atom is 0.146 e. The van der Waals surface area contributed by atoms with E-state index in [0.717, 1.165) is 11.1 Å². The van der Waals surface area contributed by atoms with Crippen LogP contribution in [-0.2, 0) is 0 Å². The molecule has 0 heterocycles. The highest BCUT2D eigenvalue weighted by Gasteiger charge is 2.12. The normalized spacial score (nSPS) is 10.8. The average molecular weight is 287 g/mol. The van der Waals surface area contributed by atoms with Crippen LogP contribution in [0.5, 0.6) is 5.75 Å². The van der Waals surface area contributed by atoms with Gasteiger partial charge in [-0.3, -0.25) is 0 Å². The van der Waals surface area contributed by atoms with Crippen molar-refractivity contribution in [1.29, 1.82) is 0 Å². The van der Waals surface area contributed by atoms with Gasteiger partial charge in [-0.1, -0.05) is 33.1 Å². The lowest BCUT2D eigenvalue weighted by atomic mass is 10.1. The summed E-state index contributed by atoms with van der Waals surface area (Å²) in [7, 11) is 0. The quantitative estimate of drug-likeness (QED) is 0.636. The Morgan fingerprint density at radius 1 is 1.24 bits per heavy atom. The molecule has 0 radical (unpaired) electrons. The lowest BCUT2D eigenvalue weighted by molar-refractivity contribution is 0.470. The minimum absolute atomic E-state index is 0.160. The summed E-state index contributed by atoms with van der Waals surface area (Å²) in [5.74, 6) is 0.160. The number of nitrogens with zero attached hydrogens (tertiary/aromatic N) is 3. The Balaban J connectivity index is 0.00000191. The van der Waals surface area contributed by atoms with Crippen molar-refractivity contribution in [3.8, 4) is 5.75 Å². The van der Waals surface area contributed by atoms with Gasteiger partial charge in [0, 0.05) is 6.21 Å². The number of aryl methyl sites for hydroxylation is 2. The molecule has 0 unspecified atom stereocenters. The molecule has 1 N–H and O–H groups in total. The zero-order chi connectivity index (χ0) is 16.4. The van der Waals surface area contributed by atoms with E-state index in [4.69, 9.17) is 0 Å². The lowest BCUT2D eigenvalue weighted by Gasteiger charge is -2.17. The van der Waals surface area contributed by atoms with Crippen molar-refractivity contribution >= 4 is 17.6 Å². The molecule has 0 aliphatic carbocycles. The number of phenols is 1. The Morgan fingerprint density at radius 2 is 1.86 bits per heavy atom. The molecule has 4 heteroatoms. The highest BCUT2D eigenvalue weighted by atomic mass is 16.3. The molecule has 21 heavy (non-hydrogen) atoms. The summed E-state index contributed by atoms with van der Waals surface area (Å²) in [5, 5.41) is 19.9. The van der Waals surface area contributed by atoms with Gasteiger partial charge in [0.25, 0.3) is 0 Å². The SMILES string of the molecule is C=C/C=N/N(/N=C(\C)C=C)c1cc(C)cc(C)c1O.CC. The van der Waals surface area contributed by atoms with Gasteiger partial charge in [0.05, 0.1) is 5.71 Å². The van der Waals surface area contributed by atoms with Gasteiger partial charge >= 0.3 is 0 Å². The van der Waals surface area contributed by atoms with Gasteiger partial charge in [0.15, 0.2) is 0 Å². The van der Waals surface area contributed by atoms with Gasteiger partial charge in [-0.15, -0.1) is 5.12 Å². The topological polar surface area (TPSA) is 48.2 Å². The minimum Gasteiger partial charge on any atom is -0.505 e. The zero-order valence-electron chi connectivity index (χ0n) is 13.6. The highest BCUT2D eigenvalue weighted by Crippen LogP contribution is 2.32. The van der Waals surface area contributed by atoms with Gasteiger partial charge in [0.1, 0.15) is 11.4 Å². The highest BCUT2D eigenvalue weighted by molar-refractivity contribution is 5.93. The van der Waals surface area contributed by atoms with Crippen LogP contribution < -0.4 is 5.12 Å². The number of hydrogen-bond acceptors (Lipinski definition) is 4. The Kier molecular flexibility index (Phi) is 8.46. The van der Waals surface area contributed by atoms with E-state index in [0.29, 0.717) is 11.4 Å². The molecule has 0 atom stereocenters. The Bertz CT molecular complexity index is 545. The fourth-order valence-electron chi connectivity index (χ4n) is 1.53. The maximum atomic E-state index is 10.1. The lowest BCUT2D eigenvalue weighted by Crippen LogP contribution is -2.11. The zero-order valence-corrected chi connectivity index (χ0v) is 13.6. The van der Waals surface area contributed by atoms with Crippen LogP contribution in [0.1, 0.15) is 31.9 Å². The monoisotopic (exact) mass is 287 g/mol. The number of anilines is 1. The van der Waals surface area contributed by atoms with E-state index in [1.165, 1.54) is 11.3 Å². The average Bonchev–Trinajstić information content (AvgIpc) is 2.49. The van der Waals surface area contributed by atoms with Crippen molar-refractivity contribution < 1.29 is 5.11 Å². The molecule has 1 aromatic rings. The van der Waals surface area contributed by atoms with Crippen LogP contribution in [0.2, 0.25) is 0 Å². The second-order valence-corrected chi connectivity index (χ2v) is 4.18. The van der Waals surface area contributed by atoms with E-state index in [2.05, 4.69) is 23.4 Å². The van der Waals surface area contributed by atoms with Crippen molar-refractivity contribution in [2.45, 2.75) is 34.6 Å². The van der Waals surface area contributed by atoms with E-state index in [1.807, 2.05) is 46.8 Å². The van der Waals surface area contributed by atoms with E-state index in [1.54, 1.807) is 12.2 Å². The second kappa shape index (κ2) is 9.53. The molecule has 0 aliphatic rings. The van der Waals surface area contributed by atoms with Crippen molar-refractivity contribution in [2.24, 2.45) is 10.2 Å². The molecule has 0 spiro atoms. The molecule has 0 amide bonds. The fraction of sp³-hybridized carbons (Fsp3) is 0.294. The van der Waals surface area contributed by atoms with Gasteiger partial charge in [-0.2, -0.15) is 10.2 Å². The van der Waals surface area contributed by atoms with Crippen molar-refractivity contribution in [2.75, 3.05) is 5.12 Å². The van der Waals surface area contributed by atoms with Crippen molar-refractivity contribution in [3.05, 3.63) is 48.6 Å². The summed E-state index contributed by atoms with van der Waals surface area (Å²) >= 11 is 0. The van der Waals surface area contributed by atoms with Crippen LogP contribution in [0.3, 0.4) is 0 Å². The Hall–Kier alpha value is -2.36. The third-order valence-electron chi connectivity index (χ3n) is 2.47. The number of aromatic hydroxyl groups is 1. The van der Waals surface area contributed by atoms with Gasteiger partial charge in [0.2, 0.25) is 0 Å². The molecule has 1 rings (SSSR count). The first-order valence-corrected chi connectivity index (χ1v) is 6.92. The van der Waals surface area contributed by atoms with E-state index in [9.17, 15) is 5.11 Å². The van der Waals surface area contributed by atoms with Crippen molar-refractivity contribution in [3.63, 3.8) is 0 Å². The molecule has 0 aromatic heterocycles. The second-order valence-electron chi connectivity index (χ2n) is 4.18.